The fourth-order valence-corrected chi connectivity index (χ4v) is 2.76. The number of hydrogen-bond donors (Lipinski definition) is 2. The van der Waals surface area contributed by atoms with Gasteiger partial charge in [-0.1, -0.05) is 0 Å². The molecule has 16 heavy (non-hydrogen) atoms. The Morgan fingerprint density at radius 2 is 2.25 bits per heavy atom. The van der Waals surface area contributed by atoms with Gasteiger partial charge in [-0.25, -0.2) is 4.79 Å². The van der Waals surface area contributed by atoms with Crippen molar-refractivity contribution in [1.29, 1.82) is 0 Å². The summed E-state index contributed by atoms with van der Waals surface area (Å²) in [6.07, 6.45) is 0.296. The van der Waals surface area contributed by atoms with Gasteiger partial charge in [0, 0.05) is 17.2 Å². The summed E-state index contributed by atoms with van der Waals surface area (Å²) in [4.78, 5) is 11.6. The summed E-state index contributed by atoms with van der Waals surface area (Å²) in [7, 11) is 0. The first-order valence-electron chi connectivity index (χ1n) is 5.60. The van der Waals surface area contributed by atoms with Gasteiger partial charge >= 0.3 is 6.09 Å². The highest BCUT2D eigenvalue weighted by Gasteiger charge is 2.29. The molecule has 1 aliphatic heterocycles. The number of aliphatic hydroxyl groups is 1. The molecule has 1 heterocycles. The van der Waals surface area contributed by atoms with E-state index in [1.54, 1.807) is 11.8 Å². The van der Waals surface area contributed by atoms with Crippen LogP contribution in [0.15, 0.2) is 0 Å². The Hall–Kier alpha value is -0.420. The fourth-order valence-electron chi connectivity index (χ4n) is 1.58. The molecule has 0 bridgehead atoms. The van der Waals surface area contributed by atoms with Crippen molar-refractivity contribution in [1.82, 2.24) is 5.32 Å². The number of nitrogens with one attached hydrogen (secondary N) is 1. The van der Waals surface area contributed by atoms with E-state index in [4.69, 9.17) is 4.74 Å². The number of alkyl carbamates (subject to hydrolysis) is 1. The van der Waals surface area contributed by atoms with E-state index in [-0.39, 0.29) is 30.3 Å². The largest absolute Gasteiger partial charge is 0.446 e. The number of carbonyl (C=O) groups excluding carboxylic acids is 1. The van der Waals surface area contributed by atoms with Gasteiger partial charge in [-0.05, 0) is 32.9 Å². The van der Waals surface area contributed by atoms with Crippen molar-refractivity contribution in [3.63, 3.8) is 0 Å². The van der Waals surface area contributed by atoms with Crippen molar-refractivity contribution >= 4 is 17.9 Å². The number of thioether (sulfide) groups is 1. The number of hydrogen-bond acceptors (Lipinski definition) is 4. The first kappa shape index (κ1) is 13.6. The standard InChI is InChI=1S/C11H21NO3S/c1-11(2,3)12-10(14)15-9-4-5-16-7-8(9)6-13/h8-9,13H,4-7H2,1-3H3,(H,12,14)/t8-,9+/m1/s1. The second-order valence-electron chi connectivity index (χ2n) is 5.13. The molecule has 0 unspecified atom stereocenters. The minimum atomic E-state index is -0.386. The summed E-state index contributed by atoms with van der Waals surface area (Å²) < 4.78 is 5.35. The Labute approximate surface area is 101 Å². The summed E-state index contributed by atoms with van der Waals surface area (Å²) in [5.41, 5.74) is -0.283. The van der Waals surface area contributed by atoms with Crippen molar-refractivity contribution in [3.05, 3.63) is 0 Å². The van der Waals surface area contributed by atoms with Gasteiger partial charge in [-0.15, -0.1) is 0 Å². The maximum absolute atomic E-state index is 11.6. The van der Waals surface area contributed by atoms with Crippen molar-refractivity contribution in [3.8, 4) is 0 Å². The van der Waals surface area contributed by atoms with E-state index in [2.05, 4.69) is 5.32 Å². The number of ether oxygens (including phenoxy) is 1. The molecule has 0 aromatic carbocycles. The molecule has 5 heteroatoms. The van der Waals surface area contributed by atoms with Gasteiger partial charge < -0.3 is 15.2 Å². The molecule has 0 spiro atoms. The number of rotatable bonds is 2. The molecular formula is C11H21NO3S. The third-order valence-corrected chi connectivity index (χ3v) is 3.56. The van der Waals surface area contributed by atoms with E-state index in [9.17, 15) is 9.90 Å². The average Bonchev–Trinajstić information content (AvgIpc) is 2.15. The van der Waals surface area contributed by atoms with E-state index in [0.717, 1.165) is 17.9 Å². The summed E-state index contributed by atoms with van der Waals surface area (Å²) in [5.74, 6) is 1.93. The number of amides is 1. The zero-order valence-electron chi connectivity index (χ0n) is 10.2. The number of aliphatic hydroxyl groups excluding tert-OH is 1. The van der Waals surface area contributed by atoms with Crippen LogP contribution in [-0.4, -0.2) is 41.0 Å². The normalized spacial score (nSPS) is 26.2. The third-order valence-electron chi connectivity index (χ3n) is 2.37. The molecule has 2 N–H and O–H groups in total. The molecular weight excluding hydrogens is 226 g/mol. The highest BCUT2D eigenvalue weighted by atomic mass is 32.2. The lowest BCUT2D eigenvalue weighted by Crippen LogP contribution is -2.44. The Morgan fingerprint density at radius 1 is 1.56 bits per heavy atom. The Kier molecular flexibility index (Phi) is 4.92. The predicted molar refractivity (Wildman–Crippen MR) is 65.7 cm³/mol. The molecule has 0 aliphatic carbocycles. The maximum Gasteiger partial charge on any atom is 0.407 e. The van der Waals surface area contributed by atoms with E-state index >= 15 is 0 Å². The van der Waals surface area contributed by atoms with Crippen LogP contribution in [0.25, 0.3) is 0 Å². The van der Waals surface area contributed by atoms with Crippen LogP contribution in [0, 0.1) is 5.92 Å². The van der Waals surface area contributed by atoms with Crippen molar-refractivity contribution < 1.29 is 14.6 Å². The molecule has 1 saturated heterocycles. The molecule has 1 rings (SSSR count). The zero-order valence-corrected chi connectivity index (χ0v) is 11.0. The quantitative estimate of drug-likeness (QED) is 0.778. The first-order chi connectivity index (χ1) is 7.42. The average molecular weight is 247 g/mol. The van der Waals surface area contributed by atoms with Crippen LogP contribution in [0.4, 0.5) is 4.79 Å². The highest BCUT2D eigenvalue weighted by Crippen LogP contribution is 2.25. The van der Waals surface area contributed by atoms with Crippen LogP contribution in [-0.2, 0) is 4.74 Å². The summed E-state index contributed by atoms with van der Waals surface area (Å²) in [6, 6.07) is 0. The minimum Gasteiger partial charge on any atom is -0.446 e. The van der Waals surface area contributed by atoms with E-state index < -0.39 is 0 Å². The lowest BCUT2D eigenvalue weighted by molar-refractivity contribution is 0.0397. The molecule has 2 atom stereocenters. The van der Waals surface area contributed by atoms with Crippen LogP contribution in [0.3, 0.4) is 0 Å². The second-order valence-corrected chi connectivity index (χ2v) is 6.27. The van der Waals surface area contributed by atoms with Crippen molar-refractivity contribution in [2.24, 2.45) is 5.92 Å². The van der Waals surface area contributed by atoms with Gasteiger partial charge in [0.05, 0.1) is 6.61 Å². The topological polar surface area (TPSA) is 58.6 Å². The summed E-state index contributed by atoms with van der Waals surface area (Å²) in [6.45, 7) is 5.82. The van der Waals surface area contributed by atoms with Gasteiger partial charge in [0.25, 0.3) is 0 Å². The SMILES string of the molecule is CC(C)(C)NC(=O)O[C@H]1CCSC[C@H]1CO. The predicted octanol–water partition coefficient (Wildman–Crippen LogP) is 1.63. The lowest BCUT2D eigenvalue weighted by atomic mass is 10.0. The van der Waals surface area contributed by atoms with E-state index in [0.29, 0.717) is 0 Å². The van der Waals surface area contributed by atoms with Crippen LogP contribution in [0.2, 0.25) is 0 Å². The van der Waals surface area contributed by atoms with Crippen molar-refractivity contribution in [2.75, 3.05) is 18.1 Å². The summed E-state index contributed by atoms with van der Waals surface area (Å²) in [5, 5.41) is 11.9. The molecule has 4 nitrogen and oxygen atoms in total. The Bertz CT molecular complexity index is 240. The molecule has 0 radical (unpaired) electrons. The number of carbonyl (C=O) groups is 1. The smallest absolute Gasteiger partial charge is 0.407 e. The van der Waals surface area contributed by atoms with Gasteiger partial charge in [0.1, 0.15) is 6.10 Å². The Morgan fingerprint density at radius 3 is 2.81 bits per heavy atom. The minimum absolute atomic E-state index is 0.0736. The van der Waals surface area contributed by atoms with Crippen LogP contribution < -0.4 is 5.32 Å². The third kappa shape index (κ3) is 4.61. The monoisotopic (exact) mass is 247 g/mol. The van der Waals surface area contributed by atoms with E-state index in [1.165, 1.54) is 0 Å². The molecule has 0 aromatic heterocycles. The van der Waals surface area contributed by atoms with Crippen LogP contribution in [0.1, 0.15) is 27.2 Å². The lowest BCUT2D eigenvalue weighted by Gasteiger charge is -2.30. The van der Waals surface area contributed by atoms with Crippen LogP contribution >= 0.6 is 11.8 Å². The van der Waals surface area contributed by atoms with Gasteiger partial charge in [0.2, 0.25) is 0 Å². The van der Waals surface area contributed by atoms with Gasteiger partial charge in [0.15, 0.2) is 0 Å². The molecule has 1 aliphatic rings. The summed E-state index contributed by atoms with van der Waals surface area (Å²) >= 11 is 1.80. The first-order valence-corrected chi connectivity index (χ1v) is 6.75. The molecule has 0 aromatic rings. The molecule has 1 amide bonds. The van der Waals surface area contributed by atoms with Gasteiger partial charge in [-0.2, -0.15) is 11.8 Å². The second kappa shape index (κ2) is 5.77. The van der Waals surface area contributed by atoms with Crippen molar-refractivity contribution in [2.45, 2.75) is 38.8 Å². The molecule has 1 fully saturated rings. The molecule has 94 valence electrons. The highest BCUT2D eigenvalue weighted by molar-refractivity contribution is 7.99. The van der Waals surface area contributed by atoms with Crippen LogP contribution in [0.5, 0.6) is 0 Å². The zero-order chi connectivity index (χ0) is 12.2. The van der Waals surface area contributed by atoms with Gasteiger partial charge in [-0.3, -0.25) is 0 Å². The fraction of sp³-hybridized carbons (Fsp3) is 0.909. The Balaban J connectivity index is 2.42. The maximum atomic E-state index is 11.6. The molecule has 0 saturated carbocycles. The van der Waals surface area contributed by atoms with E-state index in [1.807, 2.05) is 20.8 Å².